The number of piperidine rings is 3. The number of nitrogens with zero attached hydrogens (tertiary/aromatic N) is 3. The lowest BCUT2D eigenvalue weighted by Gasteiger charge is -2.54. The maximum Gasteiger partial charge on any atom is 0.227 e. The first-order chi connectivity index (χ1) is 11.7. The molecule has 126 valence electrons. The Morgan fingerprint density at radius 1 is 1.25 bits per heavy atom. The molecule has 0 amide bonds. The van der Waals surface area contributed by atoms with E-state index in [9.17, 15) is 0 Å². The van der Waals surface area contributed by atoms with Gasteiger partial charge in [0.15, 0.2) is 5.84 Å². The third-order valence-electron chi connectivity index (χ3n) is 5.76. The van der Waals surface area contributed by atoms with Crippen LogP contribution in [0.25, 0.3) is 10.1 Å². The molecule has 4 aliphatic rings. The van der Waals surface area contributed by atoms with Gasteiger partial charge in [0.25, 0.3) is 0 Å². The van der Waals surface area contributed by atoms with Crippen molar-refractivity contribution in [3.8, 4) is 0 Å². The van der Waals surface area contributed by atoms with E-state index in [-0.39, 0.29) is 5.72 Å². The number of thiophene rings is 1. The number of benzene rings is 1. The van der Waals surface area contributed by atoms with Crippen LogP contribution in [0.15, 0.2) is 35.5 Å². The molecular formula is C19H23N3OS. The summed E-state index contributed by atoms with van der Waals surface area (Å²) < 4.78 is 1.31. The molecule has 0 saturated carbocycles. The van der Waals surface area contributed by atoms with Crippen molar-refractivity contribution < 1.29 is 4.84 Å². The molecule has 3 saturated heterocycles. The number of rotatable bonds is 2. The molecule has 2 bridgehead atoms. The molecule has 4 aliphatic heterocycles. The van der Waals surface area contributed by atoms with Crippen molar-refractivity contribution in [2.75, 3.05) is 19.6 Å². The van der Waals surface area contributed by atoms with Gasteiger partial charge >= 0.3 is 0 Å². The molecule has 0 radical (unpaired) electrons. The smallest absolute Gasteiger partial charge is 0.227 e. The van der Waals surface area contributed by atoms with Crippen LogP contribution >= 0.6 is 11.3 Å². The summed E-state index contributed by atoms with van der Waals surface area (Å²) in [5, 5.41) is 5.92. The summed E-state index contributed by atoms with van der Waals surface area (Å²) in [7, 11) is 0. The third-order valence-corrected chi connectivity index (χ3v) is 6.88. The van der Waals surface area contributed by atoms with Gasteiger partial charge in [-0.3, -0.25) is 4.90 Å². The molecule has 1 atom stereocenters. The molecular weight excluding hydrogens is 318 g/mol. The van der Waals surface area contributed by atoms with Crippen molar-refractivity contribution in [2.24, 2.45) is 11.1 Å². The molecule has 4 nitrogen and oxygen atoms in total. The summed E-state index contributed by atoms with van der Waals surface area (Å²) in [6.07, 6.45) is 2.44. The lowest BCUT2D eigenvalue weighted by atomic mass is 9.79. The Labute approximate surface area is 146 Å². The minimum Gasteiger partial charge on any atom is -0.363 e. The molecule has 5 heterocycles. The van der Waals surface area contributed by atoms with E-state index < -0.39 is 0 Å². The van der Waals surface area contributed by atoms with E-state index >= 15 is 0 Å². The average molecular weight is 341 g/mol. The van der Waals surface area contributed by atoms with Gasteiger partial charge in [-0.25, -0.2) is 0 Å². The van der Waals surface area contributed by atoms with Crippen molar-refractivity contribution >= 4 is 27.3 Å². The monoisotopic (exact) mass is 341 g/mol. The van der Waals surface area contributed by atoms with Gasteiger partial charge in [-0.2, -0.15) is 0 Å². The average Bonchev–Trinajstić information content (AvgIpc) is 3.17. The van der Waals surface area contributed by atoms with Crippen molar-refractivity contribution in [3.05, 3.63) is 35.2 Å². The minimum atomic E-state index is -0.254. The number of hydrogen-bond donors (Lipinski definition) is 0. The van der Waals surface area contributed by atoms with Crippen molar-refractivity contribution in [2.45, 2.75) is 38.5 Å². The SMILES string of the molecule is CC(C)N1C(c2cc3ccccc3s2)=NOC12CN1CCC2CC1. The predicted octanol–water partition coefficient (Wildman–Crippen LogP) is 3.73. The standard InChI is InChI=1S/C19H23N3OS/c1-13(2)22-18(17-11-14-5-3-4-6-16(14)24-17)20-23-19(22)12-21-9-7-15(19)8-10-21/h3-6,11,13,15H,7-10,12H2,1-2H3. The molecule has 24 heavy (non-hydrogen) atoms. The highest BCUT2D eigenvalue weighted by molar-refractivity contribution is 7.20. The maximum absolute atomic E-state index is 6.23. The summed E-state index contributed by atoms with van der Waals surface area (Å²) >= 11 is 1.82. The Hall–Kier alpha value is -1.59. The molecule has 1 aromatic heterocycles. The fourth-order valence-corrected chi connectivity index (χ4v) is 5.74. The van der Waals surface area contributed by atoms with Gasteiger partial charge in [-0.1, -0.05) is 23.4 Å². The summed E-state index contributed by atoms with van der Waals surface area (Å²) in [6, 6.07) is 11.2. The van der Waals surface area contributed by atoms with Gasteiger partial charge in [-0.15, -0.1) is 11.3 Å². The van der Waals surface area contributed by atoms with Crippen LogP contribution in [-0.2, 0) is 4.84 Å². The van der Waals surface area contributed by atoms with Crippen LogP contribution in [-0.4, -0.2) is 47.0 Å². The van der Waals surface area contributed by atoms with Crippen LogP contribution in [0.1, 0.15) is 31.6 Å². The first-order valence-corrected chi connectivity index (χ1v) is 9.76. The topological polar surface area (TPSA) is 28.1 Å². The summed E-state index contributed by atoms with van der Waals surface area (Å²) in [4.78, 5) is 12.5. The van der Waals surface area contributed by atoms with Crippen LogP contribution < -0.4 is 0 Å². The van der Waals surface area contributed by atoms with E-state index in [2.05, 4.69) is 59.1 Å². The van der Waals surface area contributed by atoms with Gasteiger partial charge in [0.2, 0.25) is 5.72 Å². The van der Waals surface area contributed by atoms with Crippen LogP contribution in [0.3, 0.4) is 0 Å². The van der Waals surface area contributed by atoms with E-state index in [1.165, 1.54) is 40.9 Å². The third kappa shape index (κ3) is 1.97. The van der Waals surface area contributed by atoms with Gasteiger partial charge in [-0.05, 0) is 57.3 Å². The van der Waals surface area contributed by atoms with Crippen LogP contribution in [0.5, 0.6) is 0 Å². The number of amidine groups is 1. The molecule has 3 fully saturated rings. The summed E-state index contributed by atoms with van der Waals surface area (Å²) in [5.74, 6) is 1.61. The van der Waals surface area contributed by atoms with Crippen LogP contribution in [0, 0.1) is 5.92 Å². The Bertz CT molecular complexity index is 773. The molecule has 1 spiro atoms. The highest BCUT2D eigenvalue weighted by atomic mass is 32.1. The van der Waals surface area contributed by atoms with E-state index in [4.69, 9.17) is 4.84 Å². The largest absolute Gasteiger partial charge is 0.363 e. The first-order valence-electron chi connectivity index (χ1n) is 8.94. The second-order valence-corrected chi connectivity index (χ2v) is 8.60. The molecule has 2 aromatic rings. The van der Waals surface area contributed by atoms with E-state index in [1.807, 2.05) is 11.3 Å². The fraction of sp³-hybridized carbons (Fsp3) is 0.526. The highest BCUT2D eigenvalue weighted by Crippen LogP contribution is 2.46. The Morgan fingerprint density at radius 2 is 2.04 bits per heavy atom. The van der Waals surface area contributed by atoms with Crippen LogP contribution in [0.4, 0.5) is 0 Å². The summed E-state index contributed by atoms with van der Waals surface area (Å²) in [6.45, 7) is 7.92. The number of oxime groups is 1. The zero-order valence-electron chi connectivity index (χ0n) is 14.2. The van der Waals surface area contributed by atoms with E-state index in [0.717, 1.165) is 12.4 Å². The predicted molar refractivity (Wildman–Crippen MR) is 98.3 cm³/mol. The first kappa shape index (κ1) is 14.7. The van der Waals surface area contributed by atoms with Gasteiger partial charge in [0.05, 0.1) is 11.4 Å². The molecule has 1 unspecified atom stereocenters. The molecule has 0 N–H and O–H groups in total. The second-order valence-electron chi connectivity index (χ2n) is 7.51. The van der Waals surface area contributed by atoms with Crippen molar-refractivity contribution in [1.82, 2.24) is 9.80 Å². The zero-order valence-corrected chi connectivity index (χ0v) is 15.1. The van der Waals surface area contributed by atoms with E-state index in [1.54, 1.807) is 0 Å². The quantitative estimate of drug-likeness (QED) is 0.833. The Morgan fingerprint density at radius 3 is 2.71 bits per heavy atom. The Balaban J connectivity index is 1.57. The van der Waals surface area contributed by atoms with Gasteiger partial charge in [0.1, 0.15) is 0 Å². The lowest BCUT2D eigenvalue weighted by Crippen LogP contribution is -2.68. The zero-order chi connectivity index (χ0) is 16.3. The second kappa shape index (κ2) is 5.20. The number of fused-ring (bicyclic) bond motifs is 3. The Kier molecular flexibility index (Phi) is 3.19. The number of hydrogen-bond acceptors (Lipinski definition) is 5. The van der Waals surface area contributed by atoms with Gasteiger partial charge in [0, 0.05) is 16.7 Å². The van der Waals surface area contributed by atoms with Crippen molar-refractivity contribution in [3.63, 3.8) is 0 Å². The highest BCUT2D eigenvalue weighted by Gasteiger charge is 2.58. The van der Waals surface area contributed by atoms with Crippen molar-refractivity contribution in [1.29, 1.82) is 0 Å². The minimum absolute atomic E-state index is 0.254. The lowest BCUT2D eigenvalue weighted by molar-refractivity contribution is -0.202. The maximum atomic E-state index is 6.23. The molecule has 6 rings (SSSR count). The fourth-order valence-electron chi connectivity index (χ4n) is 4.69. The van der Waals surface area contributed by atoms with Crippen LogP contribution in [0.2, 0.25) is 0 Å². The molecule has 5 heteroatoms. The summed E-state index contributed by atoms with van der Waals surface area (Å²) in [5.41, 5.74) is -0.254. The molecule has 1 aromatic carbocycles. The normalized spacial score (nSPS) is 32.0. The van der Waals surface area contributed by atoms with Gasteiger partial charge < -0.3 is 9.74 Å². The van der Waals surface area contributed by atoms with E-state index in [0.29, 0.717) is 12.0 Å². The molecule has 0 aliphatic carbocycles.